The molecule has 1 aliphatic carbocycles. The second-order valence-electron chi connectivity index (χ2n) is 6.13. The number of carbonyl (C=O) groups excluding carboxylic acids is 2. The molecule has 0 unspecified atom stereocenters. The van der Waals surface area contributed by atoms with Gasteiger partial charge in [0.25, 0.3) is 0 Å². The molecular weight excluding hydrogens is 294 g/mol. The molecule has 1 aromatic rings. The van der Waals surface area contributed by atoms with Crippen LogP contribution >= 0.6 is 0 Å². The van der Waals surface area contributed by atoms with Crippen LogP contribution in [0.5, 0.6) is 0 Å². The summed E-state index contributed by atoms with van der Waals surface area (Å²) in [7, 11) is 5.18. The Labute approximate surface area is 137 Å². The molecule has 1 fully saturated rings. The van der Waals surface area contributed by atoms with E-state index in [9.17, 15) is 9.59 Å². The van der Waals surface area contributed by atoms with Crippen molar-refractivity contribution in [2.24, 2.45) is 5.92 Å². The highest BCUT2D eigenvalue weighted by molar-refractivity contribution is 5.80. The van der Waals surface area contributed by atoms with E-state index in [0.717, 1.165) is 18.4 Å². The normalized spacial score (nSPS) is 23.6. The molecule has 1 heterocycles. The van der Waals surface area contributed by atoms with E-state index in [2.05, 4.69) is 4.98 Å². The molecule has 0 radical (unpaired) electrons. The molecule has 1 aliphatic rings. The zero-order valence-electron chi connectivity index (χ0n) is 14.2. The molecule has 2 rings (SSSR count). The molecule has 3 atom stereocenters. The minimum atomic E-state index is -0.253. The quantitative estimate of drug-likeness (QED) is 0.821. The fourth-order valence-electron chi connectivity index (χ4n) is 3.30. The summed E-state index contributed by atoms with van der Waals surface area (Å²) in [4.78, 5) is 31.8. The number of amides is 2. The largest absolute Gasteiger partial charge is 0.378 e. The zero-order valence-corrected chi connectivity index (χ0v) is 14.2. The van der Waals surface area contributed by atoms with Crippen molar-refractivity contribution in [3.8, 4) is 0 Å². The molecule has 0 bridgehead atoms. The van der Waals surface area contributed by atoms with E-state index in [0.29, 0.717) is 6.54 Å². The summed E-state index contributed by atoms with van der Waals surface area (Å²) in [6, 6.07) is 3.76. The van der Waals surface area contributed by atoms with Crippen LogP contribution in [0.4, 0.5) is 0 Å². The molecule has 0 aliphatic heterocycles. The van der Waals surface area contributed by atoms with E-state index in [1.54, 1.807) is 43.4 Å². The van der Waals surface area contributed by atoms with Crippen LogP contribution in [0.3, 0.4) is 0 Å². The number of aromatic nitrogens is 1. The van der Waals surface area contributed by atoms with Crippen molar-refractivity contribution in [3.05, 3.63) is 30.1 Å². The van der Waals surface area contributed by atoms with Crippen LogP contribution in [0.25, 0.3) is 0 Å². The van der Waals surface area contributed by atoms with Crippen LogP contribution in [0.1, 0.15) is 25.3 Å². The Morgan fingerprint density at radius 2 is 1.91 bits per heavy atom. The average molecular weight is 319 g/mol. The first-order valence-corrected chi connectivity index (χ1v) is 7.85. The Morgan fingerprint density at radius 3 is 2.48 bits per heavy atom. The molecule has 1 aromatic heterocycles. The lowest BCUT2D eigenvalue weighted by Crippen LogP contribution is -2.46. The smallest absolute Gasteiger partial charge is 0.228 e. The zero-order chi connectivity index (χ0) is 17.0. The molecular formula is C17H25N3O3. The van der Waals surface area contributed by atoms with Gasteiger partial charge in [-0.25, -0.2) is 0 Å². The van der Waals surface area contributed by atoms with E-state index in [-0.39, 0.29) is 29.9 Å². The highest BCUT2D eigenvalue weighted by atomic mass is 16.5. The van der Waals surface area contributed by atoms with E-state index in [1.165, 1.54) is 6.92 Å². The van der Waals surface area contributed by atoms with Crippen LogP contribution in [-0.4, -0.2) is 59.9 Å². The first kappa shape index (κ1) is 17.4. The third-order valence-electron chi connectivity index (χ3n) is 4.68. The molecule has 23 heavy (non-hydrogen) atoms. The van der Waals surface area contributed by atoms with Crippen LogP contribution in [-0.2, 0) is 20.9 Å². The molecule has 6 heteroatoms. The summed E-state index contributed by atoms with van der Waals surface area (Å²) in [6.07, 6.45) is 4.71. The summed E-state index contributed by atoms with van der Waals surface area (Å²) in [5, 5.41) is 0. The maximum absolute atomic E-state index is 12.8. The van der Waals surface area contributed by atoms with E-state index >= 15 is 0 Å². The summed E-state index contributed by atoms with van der Waals surface area (Å²) in [5.74, 6) is -0.151. The van der Waals surface area contributed by atoms with Gasteiger partial charge in [0.05, 0.1) is 18.1 Å². The lowest BCUT2D eigenvalue weighted by atomic mass is 10.0. The Kier molecular flexibility index (Phi) is 5.71. The number of hydrogen-bond donors (Lipinski definition) is 0. The number of ether oxygens (including phenoxy) is 1. The van der Waals surface area contributed by atoms with Gasteiger partial charge < -0.3 is 14.5 Å². The van der Waals surface area contributed by atoms with Gasteiger partial charge in [0.2, 0.25) is 11.8 Å². The molecule has 0 saturated heterocycles. The van der Waals surface area contributed by atoms with Crippen molar-refractivity contribution in [3.63, 3.8) is 0 Å². The SMILES string of the molecule is CO[C@@H]1[C@H](N(C)C(C)=O)CC[C@H]1C(=O)N(C)Cc1ccncc1. The number of methoxy groups -OCH3 is 1. The molecule has 0 aromatic carbocycles. The summed E-state index contributed by atoms with van der Waals surface area (Å²) >= 11 is 0. The number of likely N-dealkylation sites (N-methyl/N-ethyl adjacent to an activating group) is 1. The maximum Gasteiger partial charge on any atom is 0.228 e. The van der Waals surface area contributed by atoms with Crippen LogP contribution in [0, 0.1) is 5.92 Å². The van der Waals surface area contributed by atoms with E-state index in [4.69, 9.17) is 4.74 Å². The van der Waals surface area contributed by atoms with Crippen LogP contribution in [0.2, 0.25) is 0 Å². The van der Waals surface area contributed by atoms with Gasteiger partial charge >= 0.3 is 0 Å². The lowest BCUT2D eigenvalue weighted by Gasteiger charge is -2.31. The van der Waals surface area contributed by atoms with Crippen molar-refractivity contribution in [2.45, 2.75) is 38.5 Å². The topological polar surface area (TPSA) is 62.7 Å². The van der Waals surface area contributed by atoms with Crippen LogP contribution in [0.15, 0.2) is 24.5 Å². The standard InChI is InChI=1S/C17H25N3O3/c1-12(21)20(3)15-6-5-14(16(15)23-4)17(22)19(2)11-13-7-9-18-10-8-13/h7-10,14-16H,5-6,11H2,1-4H3/t14-,15-,16+/m1/s1. The van der Waals surface area contributed by atoms with Gasteiger partial charge in [-0.15, -0.1) is 0 Å². The lowest BCUT2D eigenvalue weighted by molar-refractivity contribution is -0.141. The number of carbonyl (C=O) groups is 2. The summed E-state index contributed by atoms with van der Waals surface area (Å²) in [6.45, 7) is 2.08. The summed E-state index contributed by atoms with van der Waals surface area (Å²) < 4.78 is 5.58. The first-order valence-electron chi connectivity index (χ1n) is 7.85. The monoisotopic (exact) mass is 319 g/mol. The third-order valence-corrected chi connectivity index (χ3v) is 4.68. The average Bonchev–Trinajstić information content (AvgIpc) is 2.97. The van der Waals surface area contributed by atoms with Crippen molar-refractivity contribution < 1.29 is 14.3 Å². The predicted molar refractivity (Wildman–Crippen MR) is 86.5 cm³/mol. The molecule has 0 spiro atoms. The molecule has 0 N–H and O–H groups in total. The third kappa shape index (κ3) is 3.88. The van der Waals surface area contributed by atoms with Crippen molar-refractivity contribution in [2.75, 3.05) is 21.2 Å². The van der Waals surface area contributed by atoms with E-state index < -0.39 is 0 Å². The van der Waals surface area contributed by atoms with Gasteiger partial charge in [-0.05, 0) is 30.5 Å². The Morgan fingerprint density at radius 1 is 1.26 bits per heavy atom. The van der Waals surface area contributed by atoms with Gasteiger partial charge in [-0.2, -0.15) is 0 Å². The number of hydrogen-bond acceptors (Lipinski definition) is 4. The number of pyridine rings is 1. The second kappa shape index (κ2) is 7.55. The highest BCUT2D eigenvalue weighted by Gasteiger charge is 2.43. The molecule has 126 valence electrons. The second-order valence-corrected chi connectivity index (χ2v) is 6.13. The van der Waals surface area contributed by atoms with Gasteiger partial charge in [0.1, 0.15) is 0 Å². The van der Waals surface area contributed by atoms with Gasteiger partial charge in [-0.1, -0.05) is 0 Å². The van der Waals surface area contributed by atoms with Gasteiger partial charge in [-0.3, -0.25) is 14.6 Å². The van der Waals surface area contributed by atoms with E-state index in [1.807, 2.05) is 12.1 Å². The summed E-state index contributed by atoms with van der Waals surface area (Å²) in [5.41, 5.74) is 1.04. The predicted octanol–water partition coefficient (Wildman–Crippen LogP) is 1.31. The number of nitrogens with zero attached hydrogens (tertiary/aromatic N) is 3. The van der Waals surface area contributed by atoms with Crippen molar-refractivity contribution in [1.82, 2.24) is 14.8 Å². The molecule has 1 saturated carbocycles. The minimum absolute atomic E-state index is 0.00436. The Hall–Kier alpha value is -1.95. The van der Waals surface area contributed by atoms with Gasteiger partial charge in [0, 0.05) is 47.1 Å². The van der Waals surface area contributed by atoms with Gasteiger partial charge in [0.15, 0.2) is 0 Å². The molecule has 2 amide bonds. The molecule has 6 nitrogen and oxygen atoms in total. The minimum Gasteiger partial charge on any atom is -0.378 e. The Balaban J connectivity index is 2.05. The van der Waals surface area contributed by atoms with Crippen molar-refractivity contribution >= 4 is 11.8 Å². The fraction of sp³-hybridized carbons (Fsp3) is 0.588. The van der Waals surface area contributed by atoms with Crippen LogP contribution < -0.4 is 0 Å². The Bertz CT molecular complexity index is 549. The maximum atomic E-state index is 12.8. The van der Waals surface area contributed by atoms with Crippen molar-refractivity contribution in [1.29, 1.82) is 0 Å². The number of rotatable bonds is 5. The fourth-order valence-corrected chi connectivity index (χ4v) is 3.30. The first-order chi connectivity index (χ1) is 11.0. The highest BCUT2D eigenvalue weighted by Crippen LogP contribution is 2.33.